The monoisotopic (exact) mass is 253 g/mol. The van der Waals surface area contributed by atoms with Gasteiger partial charge in [0.2, 0.25) is 4.96 Å². The smallest absolute Gasteiger partial charge is 0.234 e. The molecule has 2 heterocycles. The van der Waals surface area contributed by atoms with Crippen LogP contribution in [0.3, 0.4) is 0 Å². The van der Waals surface area contributed by atoms with Crippen molar-refractivity contribution in [2.45, 2.75) is 31.8 Å². The van der Waals surface area contributed by atoms with Crippen LogP contribution >= 0.6 is 11.3 Å². The quantitative estimate of drug-likeness (QED) is 0.802. The lowest BCUT2D eigenvalue weighted by Gasteiger charge is -2.22. The van der Waals surface area contributed by atoms with Gasteiger partial charge in [-0.1, -0.05) is 17.8 Å². The van der Waals surface area contributed by atoms with Crippen LogP contribution in [0.1, 0.15) is 36.0 Å². The summed E-state index contributed by atoms with van der Waals surface area (Å²) in [5, 5.41) is 13.8. The third-order valence-corrected chi connectivity index (χ3v) is 3.89. The molecule has 1 aliphatic carbocycles. The van der Waals surface area contributed by atoms with Crippen molar-refractivity contribution in [3.05, 3.63) is 10.8 Å². The Bertz CT molecular complexity index is 504. The third-order valence-electron chi connectivity index (χ3n) is 3.01. The Balaban J connectivity index is 1.78. The summed E-state index contributed by atoms with van der Waals surface area (Å²) in [5.41, 5.74) is 5.37. The molecule has 6 nitrogen and oxygen atoms in total. The van der Waals surface area contributed by atoms with Crippen LogP contribution in [-0.2, 0) is 11.3 Å². The largest absolute Gasteiger partial charge is 0.373 e. The van der Waals surface area contributed by atoms with Gasteiger partial charge < -0.3 is 10.5 Å². The topological polar surface area (TPSA) is 78.3 Å². The fourth-order valence-electron chi connectivity index (χ4n) is 1.89. The number of nitrogens with zero attached hydrogens (tertiary/aromatic N) is 4. The molecule has 3 rings (SSSR count). The minimum Gasteiger partial charge on any atom is -0.373 e. The van der Waals surface area contributed by atoms with Crippen molar-refractivity contribution in [2.24, 2.45) is 5.73 Å². The van der Waals surface area contributed by atoms with E-state index in [1.165, 1.54) is 30.6 Å². The van der Waals surface area contributed by atoms with Crippen LogP contribution in [0, 0.1) is 0 Å². The maximum absolute atomic E-state index is 5.37. The zero-order chi connectivity index (χ0) is 11.7. The zero-order valence-electron chi connectivity index (χ0n) is 9.50. The number of nitrogens with two attached hydrogens (primary N) is 1. The van der Waals surface area contributed by atoms with Gasteiger partial charge >= 0.3 is 0 Å². The van der Waals surface area contributed by atoms with Gasteiger partial charge in [0.1, 0.15) is 11.6 Å². The lowest BCUT2D eigenvalue weighted by molar-refractivity contribution is 0.127. The van der Waals surface area contributed by atoms with Gasteiger partial charge in [-0.05, 0) is 12.8 Å². The van der Waals surface area contributed by atoms with E-state index < -0.39 is 0 Å². The van der Waals surface area contributed by atoms with Crippen molar-refractivity contribution < 1.29 is 4.74 Å². The molecular weight excluding hydrogens is 238 g/mol. The normalized spacial score (nSPS) is 16.5. The Morgan fingerprint density at radius 3 is 3.00 bits per heavy atom. The van der Waals surface area contributed by atoms with Crippen molar-refractivity contribution in [1.82, 2.24) is 19.8 Å². The van der Waals surface area contributed by atoms with Crippen LogP contribution in [0.4, 0.5) is 0 Å². The molecule has 92 valence electrons. The van der Waals surface area contributed by atoms with Gasteiger partial charge in [-0.25, -0.2) is 0 Å². The number of ether oxygens (including phenoxy) is 1. The highest BCUT2D eigenvalue weighted by molar-refractivity contribution is 7.16. The van der Waals surface area contributed by atoms with Gasteiger partial charge in [0.25, 0.3) is 0 Å². The molecule has 0 amide bonds. The van der Waals surface area contributed by atoms with Gasteiger partial charge in [-0.2, -0.15) is 9.61 Å². The Labute approximate surface area is 103 Å². The molecule has 1 saturated carbocycles. The fourth-order valence-corrected chi connectivity index (χ4v) is 2.67. The predicted molar refractivity (Wildman–Crippen MR) is 64.0 cm³/mol. The second kappa shape index (κ2) is 4.67. The maximum atomic E-state index is 5.37. The molecule has 0 saturated heterocycles. The number of aromatic nitrogens is 4. The van der Waals surface area contributed by atoms with E-state index in [0.29, 0.717) is 25.7 Å². The van der Waals surface area contributed by atoms with Crippen LogP contribution in [0.5, 0.6) is 0 Å². The van der Waals surface area contributed by atoms with Crippen LogP contribution in [-0.4, -0.2) is 33.0 Å². The highest BCUT2D eigenvalue weighted by Gasteiger charge is 2.26. The first-order valence-corrected chi connectivity index (χ1v) is 6.69. The standard InChI is InChI=1S/C10H15N5OS/c11-4-5-16-6-8-14-15-9(7-2-1-3-7)12-13-10(15)17-8/h7H,1-6,11H2. The zero-order valence-corrected chi connectivity index (χ0v) is 10.3. The minimum atomic E-state index is 0.509. The molecule has 0 atom stereocenters. The Morgan fingerprint density at radius 2 is 2.29 bits per heavy atom. The lowest BCUT2D eigenvalue weighted by Crippen LogP contribution is -2.13. The average Bonchev–Trinajstić information content (AvgIpc) is 2.78. The molecule has 0 aliphatic heterocycles. The molecule has 2 N–H and O–H groups in total. The van der Waals surface area contributed by atoms with Crippen LogP contribution in [0.2, 0.25) is 0 Å². The van der Waals surface area contributed by atoms with Gasteiger partial charge in [-0.15, -0.1) is 10.2 Å². The van der Waals surface area contributed by atoms with Crippen LogP contribution in [0.15, 0.2) is 0 Å². The van der Waals surface area contributed by atoms with Crippen molar-refractivity contribution in [3.8, 4) is 0 Å². The SMILES string of the molecule is NCCOCc1nn2c(C3CCC3)nnc2s1. The van der Waals surface area contributed by atoms with E-state index in [0.717, 1.165) is 15.8 Å². The van der Waals surface area contributed by atoms with E-state index in [4.69, 9.17) is 10.5 Å². The number of fused-ring (bicyclic) bond motifs is 1. The second-order valence-corrected chi connectivity index (χ2v) is 5.26. The molecule has 2 aromatic heterocycles. The van der Waals surface area contributed by atoms with E-state index >= 15 is 0 Å². The molecule has 0 bridgehead atoms. The van der Waals surface area contributed by atoms with E-state index in [1.807, 2.05) is 4.52 Å². The summed E-state index contributed by atoms with van der Waals surface area (Å²) in [6.45, 7) is 1.61. The Morgan fingerprint density at radius 1 is 1.41 bits per heavy atom. The molecule has 17 heavy (non-hydrogen) atoms. The summed E-state index contributed by atoms with van der Waals surface area (Å²) in [6, 6.07) is 0. The summed E-state index contributed by atoms with van der Waals surface area (Å²) in [5.74, 6) is 1.55. The summed E-state index contributed by atoms with van der Waals surface area (Å²) in [6.07, 6.45) is 3.70. The highest BCUT2D eigenvalue weighted by Crippen LogP contribution is 2.35. The van der Waals surface area contributed by atoms with Gasteiger partial charge in [-0.3, -0.25) is 0 Å². The van der Waals surface area contributed by atoms with E-state index in [1.54, 1.807) is 0 Å². The fraction of sp³-hybridized carbons (Fsp3) is 0.700. The predicted octanol–water partition coefficient (Wildman–Crippen LogP) is 0.929. The molecular formula is C10H15N5OS. The number of hydrogen-bond donors (Lipinski definition) is 1. The van der Waals surface area contributed by atoms with Crippen molar-refractivity contribution in [2.75, 3.05) is 13.2 Å². The summed E-state index contributed by atoms with van der Waals surface area (Å²) >= 11 is 1.53. The first kappa shape index (κ1) is 11.1. The molecule has 2 aromatic rings. The van der Waals surface area contributed by atoms with E-state index in [9.17, 15) is 0 Å². The van der Waals surface area contributed by atoms with Gasteiger partial charge in [0.05, 0.1) is 6.61 Å². The number of hydrogen-bond acceptors (Lipinski definition) is 6. The average molecular weight is 253 g/mol. The first-order chi connectivity index (χ1) is 8.38. The molecule has 7 heteroatoms. The third kappa shape index (κ3) is 2.05. The summed E-state index contributed by atoms with van der Waals surface area (Å²) in [4.78, 5) is 0.859. The van der Waals surface area contributed by atoms with Crippen LogP contribution in [0.25, 0.3) is 4.96 Å². The van der Waals surface area contributed by atoms with Crippen molar-refractivity contribution >= 4 is 16.3 Å². The summed E-state index contributed by atoms with van der Waals surface area (Å²) < 4.78 is 7.24. The molecule has 0 spiro atoms. The minimum absolute atomic E-state index is 0.509. The van der Waals surface area contributed by atoms with Crippen molar-refractivity contribution in [3.63, 3.8) is 0 Å². The van der Waals surface area contributed by atoms with Gasteiger partial charge in [0.15, 0.2) is 5.82 Å². The Kier molecular flexibility index (Phi) is 3.04. The van der Waals surface area contributed by atoms with Gasteiger partial charge in [0, 0.05) is 12.5 Å². The number of rotatable bonds is 5. The van der Waals surface area contributed by atoms with Crippen molar-refractivity contribution in [1.29, 1.82) is 0 Å². The highest BCUT2D eigenvalue weighted by atomic mass is 32.1. The molecule has 0 unspecified atom stereocenters. The maximum Gasteiger partial charge on any atom is 0.234 e. The van der Waals surface area contributed by atoms with E-state index in [2.05, 4.69) is 15.3 Å². The Hall–Kier alpha value is -1.05. The lowest BCUT2D eigenvalue weighted by atomic mass is 9.85. The molecule has 1 fully saturated rings. The van der Waals surface area contributed by atoms with Crippen LogP contribution < -0.4 is 5.73 Å². The second-order valence-electron chi connectivity index (χ2n) is 4.22. The first-order valence-electron chi connectivity index (χ1n) is 5.87. The molecule has 1 aliphatic rings. The molecule has 0 aromatic carbocycles. The summed E-state index contributed by atoms with van der Waals surface area (Å²) in [7, 11) is 0. The van der Waals surface area contributed by atoms with E-state index in [-0.39, 0.29) is 0 Å². The molecule has 0 radical (unpaired) electrons.